The lowest BCUT2D eigenvalue weighted by atomic mass is 10.0. The quantitative estimate of drug-likeness (QED) is 0.525. The van der Waals surface area contributed by atoms with E-state index in [1.165, 1.54) is 24.1 Å². The number of hydrogen-bond donors (Lipinski definition) is 3. The molecule has 3 amide bonds. The molecule has 0 aliphatic heterocycles. The van der Waals surface area contributed by atoms with Crippen LogP contribution in [0, 0.1) is 0 Å². The third kappa shape index (κ3) is 8.15. The second-order valence-electron chi connectivity index (χ2n) is 8.01. The van der Waals surface area contributed by atoms with E-state index in [0.29, 0.717) is 0 Å². The summed E-state index contributed by atoms with van der Waals surface area (Å²) in [5, 5.41) is 15.1. The standard InChI is InChI=1S/C21H31N3O7/c1-13(2)24(16(26)11-23-20(29)31-21(3,4)5)18(14-9-7-8-10-15(14)25)19(28)22-12-17(27)30-6/h7-10,13,18,25H,11-12H2,1-6H3,(H,22,28)(H,23,29). The van der Waals surface area contributed by atoms with Crippen molar-refractivity contribution in [1.82, 2.24) is 15.5 Å². The summed E-state index contributed by atoms with van der Waals surface area (Å²) in [6, 6.07) is 4.34. The molecule has 10 nitrogen and oxygen atoms in total. The topological polar surface area (TPSA) is 134 Å². The van der Waals surface area contributed by atoms with Gasteiger partial charge in [-0.15, -0.1) is 0 Å². The van der Waals surface area contributed by atoms with Crippen molar-refractivity contribution < 1.29 is 33.8 Å². The summed E-state index contributed by atoms with van der Waals surface area (Å²) in [6.45, 7) is 7.60. The van der Waals surface area contributed by atoms with Gasteiger partial charge in [-0.3, -0.25) is 14.4 Å². The molecule has 1 rings (SSSR count). The first-order chi connectivity index (χ1) is 14.4. The molecule has 0 spiro atoms. The molecule has 0 bridgehead atoms. The van der Waals surface area contributed by atoms with Gasteiger partial charge in [0.15, 0.2) is 0 Å². The predicted molar refractivity (Wildman–Crippen MR) is 112 cm³/mol. The zero-order valence-electron chi connectivity index (χ0n) is 18.7. The number of carbonyl (C=O) groups is 4. The lowest BCUT2D eigenvalue weighted by Crippen LogP contribution is -2.51. The smallest absolute Gasteiger partial charge is 0.408 e. The van der Waals surface area contributed by atoms with Crippen LogP contribution in [0.4, 0.5) is 4.79 Å². The van der Waals surface area contributed by atoms with Crippen molar-refractivity contribution >= 4 is 23.9 Å². The molecule has 10 heteroatoms. The highest BCUT2D eigenvalue weighted by Gasteiger charge is 2.35. The van der Waals surface area contributed by atoms with Gasteiger partial charge in [-0.1, -0.05) is 18.2 Å². The monoisotopic (exact) mass is 437 g/mol. The van der Waals surface area contributed by atoms with Crippen LogP contribution in [0.1, 0.15) is 46.2 Å². The Morgan fingerprint density at radius 2 is 1.68 bits per heavy atom. The molecule has 0 aliphatic rings. The maximum Gasteiger partial charge on any atom is 0.408 e. The minimum Gasteiger partial charge on any atom is -0.508 e. The summed E-state index contributed by atoms with van der Waals surface area (Å²) in [5.74, 6) is -2.13. The number of carbonyl (C=O) groups excluding carboxylic acids is 4. The van der Waals surface area contributed by atoms with Crippen molar-refractivity contribution in [3.63, 3.8) is 0 Å². The molecular weight excluding hydrogens is 406 g/mol. The van der Waals surface area contributed by atoms with E-state index in [2.05, 4.69) is 15.4 Å². The number of phenols is 1. The molecule has 1 unspecified atom stereocenters. The fourth-order valence-corrected chi connectivity index (χ4v) is 2.75. The number of nitrogens with zero attached hydrogens (tertiary/aromatic N) is 1. The number of para-hydroxylation sites is 1. The van der Waals surface area contributed by atoms with Crippen molar-refractivity contribution in [2.24, 2.45) is 0 Å². The third-order valence-electron chi connectivity index (χ3n) is 4.02. The highest BCUT2D eigenvalue weighted by Crippen LogP contribution is 2.30. The van der Waals surface area contributed by atoms with Gasteiger partial charge in [0.05, 0.1) is 7.11 Å². The Bertz CT molecular complexity index is 802. The Morgan fingerprint density at radius 3 is 2.19 bits per heavy atom. The van der Waals surface area contributed by atoms with Gasteiger partial charge < -0.3 is 30.1 Å². The highest BCUT2D eigenvalue weighted by atomic mass is 16.6. The van der Waals surface area contributed by atoms with Gasteiger partial charge in [0.25, 0.3) is 0 Å². The molecule has 0 saturated carbocycles. The number of ether oxygens (including phenoxy) is 2. The van der Waals surface area contributed by atoms with Gasteiger partial charge in [0.1, 0.15) is 30.5 Å². The molecule has 3 N–H and O–H groups in total. The van der Waals surface area contributed by atoms with E-state index < -0.39 is 54.7 Å². The average Bonchev–Trinajstić information content (AvgIpc) is 2.67. The molecule has 1 aromatic carbocycles. The van der Waals surface area contributed by atoms with Gasteiger partial charge in [0.2, 0.25) is 11.8 Å². The summed E-state index contributed by atoms with van der Waals surface area (Å²) in [6.07, 6.45) is -0.779. The van der Waals surface area contributed by atoms with Crippen LogP contribution in [0.25, 0.3) is 0 Å². The van der Waals surface area contributed by atoms with Crippen molar-refractivity contribution in [1.29, 1.82) is 0 Å². The SMILES string of the molecule is COC(=O)CNC(=O)C(c1ccccc1O)N(C(=O)CNC(=O)OC(C)(C)C)C(C)C. The minimum atomic E-state index is -1.25. The van der Waals surface area contributed by atoms with Crippen LogP contribution < -0.4 is 10.6 Å². The van der Waals surface area contributed by atoms with Gasteiger partial charge in [-0.2, -0.15) is 0 Å². The molecule has 0 heterocycles. The Morgan fingerprint density at radius 1 is 1.06 bits per heavy atom. The number of rotatable bonds is 8. The van der Waals surface area contributed by atoms with Gasteiger partial charge >= 0.3 is 12.1 Å². The zero-order chi connectivity index (χ0) is 23.8. The van der Waals surface area contributed by atoms with E-state index >= 15 is 0 Å². The van der Waals surface area contributed by atoms with Crippen LogP contribution in [0.2, 0.25) is 0 Å². The summed E-state index contributed by atoms with van der Waals surface area (Å²) >= 11 is 0. The number of phenolic OH excluding ortho intramolecular Hbond substituents is 1. The fourth-order valence-electron chi connectivity index (χ4n) is 2.75. The van der Waals surface area contributed by atoms with Gasteiger partial charge in [-0.05, 0) is 40.7 Å². The van der Waals surface area contributed by atoms with E-state index in [9.17, 15) is 24.3 Å². The van der Waals surface area contributed by atoms with Crippen LogP contribution in [0.15, 0.2) is 24.3 Å². The Hall–Kier alpha value is -3.30. The number of alkyl carbamates (subject to hydrolysis) is 1. The van der Waals surface area contributed by atoms with Crippen LogP contribution in [-0.4, -0.2) is 65.7 Å². The predicted octanol–water partition coefficient (Wildman–Crippen LogP) is 1.48. The Labute approximate surface area is 181 Å². The third-order valence-corrected chi connectivity index (χ3v) is 4.02. The first kappa shape index (κ1) is 25.7. The number of esters is 1. The van der Waals surface area contributed by atoms with Crippen molar-refractivity contribution in [2.45, 2.75) is 52.3 Å². The van der Waals surface area contributed by atoms with E-state index in [0.717, 1.165) is 0 Å². The first-order valence-electron chi connectivity index (χ1n) is 9.77. The van der Waals surface area contributed by atoms with E-state index in [-0.39, 0.29) is 11.3 Å². The number of hydrogen-bond acceptors (Lipinski definition) is 7. The van der Waals surface area contributed by atoms with E-state index in [1.807, 2.05) is 0 Å². The number of benzene rings is 1. The molecule has 0 saturated heterocycles. The molecular formula is C21H31N3O7. The number of aromatic hydroxyl groups is 1. The van der Waals surface area contributed by atoms with Crippen molar-refractivity contribution in [3.8, 4) is 5.75 Å². The fraction of sp³-hybridized carbons (Fsp3) is 0.524. The van der Waals surface area contributed by atoms with Gasteiger partial charge in [0, 0.05) is 11.6 Å². The molecule has 1 atom stereocenters. The van der Waals surface area contributed by atoms with Crippen molar-refractivity contribution in [3.05, 3.63) is 29.8 Å². The molecule has 31 heavy (non-hydrogen) atoms. The lowest BCUT2D eigenvalue weighted by molar-refractivity contribution is -0.144. The summed E-state index contributed by atoms with van der Waals surface area (Å²) in [5.41, 5.74) is -0.569. The molecule has 172 valence electrons. The summed E-state index contributed by atoms with van der Waals surface area (Å²) in [4.78, 5) is 50.5. The normalized spacial score (nSPS) is 12.0. The maximum absolute atomic E-state index is 13.0. The molecule has 0 aliphatic carbocycles. The largest absolute Gasteiger partial charge is 0.508 e. The minimum absolute atomic E-state index is 0.171. The number of nitrogens with one attached hydrogen (secondary N) is 2. The van der Waals surface area contributed by atoms with E-state index in [4.69, 9.17) is 4.74 Å². The Balaban J connectivity index is 3.16. The van der Waals surface area contributed by atoms with Crippen LogP contribution in [0.3, 0.4) is 0 Å². The zero-order valence-corrected chi connectivity index (χ0v) is 18.7. The molecule has 1 aromatic rings. The second kappa shape index (κ2) is 11.2. The van der Waals surface area contributed by atoms with E-state index in [1.54, 1.807) is 46.8 Å². The van der Waals surface area contributed by atoms with Crippen LogP contribution in [-0.2, 0) is 23.9 Å². The maximum atomic E-state index is 13.0. The first-order valence-corrected chi connectivity index (χ1v) is 9.77. The van der Waals surface area contributed by atoms with Gasteiger partial charge in [-0.25, -0.2) is 4.79 Å². The molecule has 0 fully saturated rings. The number of amides is 3. The second-order valence-corrected chi connectivity index (χ2v) is 8.01. The summed E-state index contributed by atoms with van der Waals surface area (Å²) in [7, 11) is 1.18. The number of methoxy groups -OCH3 is 1. The van der Waals surface area contributed by atoms with Crippen molar-refractivity contribution in [2.75, 3.05) is 20.2 Å². The van der Waals surface area contributed by atoms with Crippen LogP contribution in [0.5, 0.6) is 5.75 Å². The Kier molecular flexibility index (Phi) is 9.29. The molecule has 0 aromatic heterocycles. The highest BCUT2D eigenvalue weighted by molar-refractivity contribution is 5.92. The lowest BCUT2D eigenvalue weighted by Gasteiger charge is -2.34. The molecule has 0 radical (unpaired) electrons. The van der Waals surface area contributed by atoms with Crippen LogP contribution >= 0.6 is 0 Å². The summed E-state index contributed by atoms with van der Waals surface area (Å²) < 4.78 is 9.65. The average molecular weight is 437 g/mol.